The molecule has 0 atom stereocenters. The second-order valence-corrected chi connectivity index (χ2v) is 4.13. The maximum atomic E-state index is 12.1. The van der Waals surface area contributed by atoms with Gasteiger partial charge < -0.3 is 5.32 Å². The van der Waals surface area contributed by atoms with Crippen molar-refractivity contribution < 1.29 is 9.72 Å². The molecule has 0 saturated carbocycles. The van der Waals surface area contributed by atoms with Crippen LogP contribution in [0.4, 0.5) is 11.4 Å². The zero-order chi connectivity index (χ0) is 14.5. The molecule has 100 valence electrons. The van der Waals surface area contributed by atoms with E-state index in [4.69, 9.17) is 5.26 Å². The van der Waals surface area contributed by atoms with Crippen molar-refractivity contribution in [1.29, 1.82) is 5.26 Å². The van der Waals surface area contributed by atoms with E-state index in [0.29, 0.717) is 12.8 Å². The van der Waals surface area contributed by atoms with Gasteiger partial charge in [0.15, 0.2) is 0 Å². The summed E-state index contributed by atoms with van der Waals surface area (Å²) in [6, 6.07) is 7.87. The van der Waals surface area contributed by atoms with E-state index in [2.05, 4.69) is 5.32 Å². The highest BCUT2D eigenvalue weighted by atomic mass is 16.6. The number of para-hydroxylation sites is 2. The molecule has 0 radical (unpaired) electrons. The van der Waals surface area contributed by atoms with Gasteiger partial charge in [0.1, 0.15) is 11.1 Å². The minimum Gasteiger partial charge on any atom is -0.319 e. The van der Waals surface area contributed by atoms with Crippen LogP contribution in [-0.2, 0) is 4.79 Å². The molecular formula is C13H15N3O3. The molecule has 0 aliphatic carbocycles. The molecule has 0 aliphatic rings. The monoisotopic (exact) mass is 261 g/mol. The first-order chi connectivity index (χ1) is 9.00. The average Bonchev–Trinajstić information content (AvgIpc) is 2.41. The summed E-state index contributed by atoms with van der Waals surface area (Å²) in [6.07, 6.45) is 0.707. The molecule has 19 heavy (non-hydrogen) atoms. The maximum Gasteiger partial charge on any atom is 0.292 e. The van der Waals surface area contributed by atoms with Crippen LogP contribution in [-0.4, -0.2) is 10.8 Å². The quantitative estimate of drug-likeness (QED) is 0.651. The van der Waals surface area contributed by atoms with Gasteiger partial charge in [-0.05, 0) is 18.9 Å². The van der Waals surface area contributed by atoms with Crippen LogP contribution in [0.25, 0.3) is 0 Å². The summed E-state index contributed by atoms with van der Waals surface area (Å²) in [5.41, 5.74) is -1.22. The lowest BCUT2D eigenvalue weighted by Crippen LogP contribution is -2.34. The van der Waals surface area contributed by atoms with Gasteiger partial charge in [-0.2, -0.15) is 5.26 Å². The molecule has 0 spiro atoms. The Kier molecular flexibility index (Phi) is 4.59. The van der Waals surface area contributed by atoms with E-state index in [9.17, 15) is 14.9 Å². The van der Waals surface area contributed by atoms with E-state index in [1.807, 2.05) is 6.07 Å². The lowest BCUT2D eigenvalue weighted by molar-refractivity contribution is -0.383. The molecule has 1 N–H and O–H groups in total. The van der Waals surface area contributed by atoms with Gasteiger partial charge in [0.2, 0.25) is 5.91 Å². The van der Waals surface area contributed by atoms with Gasteiger partial charge >= 0.3 is 0 Å². The third kappa shape index (κ3) is 2.88. The van der Waals surface area contributed by atoms with Crippen LogP contribution >= 0.6 is 0 Å². The minimum atomic E-state index is -1.15. The van der Waals surface area contributed by atoms with Crippen LogP contribution in [0.1, 0.15) is 26.7 Å². The van der Waals surface area contributed by atoms with Crippen molar-refractivity contribution in [3.05, 3.63) is 34.4 Å². The highest BCUT2D eigenvalue weighted by molar-refractivity contribution is 5.98. The number of benzene rings is 1. The van der Waals surface area contributed by atoms with Crippen LogP contribution in [0.3, 0.4) is 0 Å². The zero-order valence-corrected chi connectivity index (χ0v) is 10.8. The summed E-state index contributed by atoms with van der Waals surface area (Å²) in [5.74, 6) is -0.505. The number of hydrogen-bond donors (Lipinski definition) is 1. The Morgan fingerprint density at radius 1 is 1.42 bits per heavy atom. The smallest absolute Gasteiger partial charge is 0.292 e. The fourth-order valence-electron chi connectivity index (χ4n) is 1.76. The third-order valence-corrected chi connectivity index (χ3v) is 3.20. The van der Waals surface area contributed by atoms with Gasteiger partial charge in [0.05, 0.1) is 11.0 Å². The predicted octanol–water partition coefficient (Wildman–Crippen LogP) is 2.86. The lowest BCUT2D eigenvalue weighted by atomic mass is 9.83. The zero-order valence-electron chi connectivity index (χ0n) is 10.8. The van der Waals surface area contributed by atoms with Crippen molar-refractivity contribution in [3.63, 3.8) is 0 Å². The van der Waals surface area contributed by atoms with Gasteiger partial charge in [-0.3, -0.25) is 14.9 Å². The molecule has 6 heteroatoms. The summed E-state index contributed by atoms with van der Waals surface area (Å²) in [4.78, 5) is 22.4. The van der Waals surface area contributed by atoms with Gasteiger partial charge in [-0.25, -0.2) is 0 Å². The second kappa shape index (κ2) is 5.96. The molecule has 6 nitrogen and oxygen atoms in total. The Morgan fingerprint density at radius 2 is 2.00 bits per heavy atom. The summed E-state index contributed by atoms with van der Waals surface area (Å²) < 4.78 is 0. The first-order valence-corrected chi connectivity index (χ1v) is 5.97. The number of nitro groups is 1. The van der Waals surface area contributed by atoms with Crippen molar-refractivity contribution in [2.24, 2.45) is 5.41 Å². The summed E-state index contributed by atoms with van der Waals surface area (Å²) in [5, 5.41) is 22.5. The standard InChI is InChI=1S/C13H15N3O3/c1-3-13(4-2,9-14)12(17)15-10-7-5-6-8-11(10)16(18)19/h5-8H,3-4H2,1-2H3,(H,15,17). The molecule has 0 fully saturated rings. The number of amides is 1. The van der Waals surface area contributed by atoms with E-state index in [1.54, 1.807) is 19.9 Å². The molecule has 0 aliphatic heterocycles. The summed E-state index contributed by atoms with van der Waals surface area (Å²) in [6.45, 7) is 3.48. The van der Waals surface area contributed by atoms with Gasteiger partial charge in [0, 0.05) is 6.07 Å². The van der Waals surface area contributed by atoms with E-state index in [0.717, 1.165) is 0 Å². The minimum absolute atomic E-state index is 0.110. The Balaban J connectivity index is 3.07. The third-order valence-electron chi connectivity index (χ3n) is 3.20. The van der Waals surface area contributed by atoms with Crippen molar-refractivity contribution in [1.82, 2.24) is 0 Å². The Morgan fingerprint density at radius 3 is 2.47 bits per heavy atom. The van der Waals surface area contributed by atoms with Gasteiger partial charge in [0.25, 0.3) is 5.69 Å². The fraction of sp³-hybridized carbons (Fsp3) is 0.385. The van der Waals surface area contributed by atoms with Crippen LogP contribution in [0.5, 0.6) is 0 Å². The lowest BCUT2D eigenvalue weighted by Gasteiger charge is -2.21. The van der Waals surface area contributed by atoms with Gasteiger partial charge in [-0.15, -0.1) is 0 Å². The highest BCUT2D eigenvalue weighted by Gasteiger charge is 2.35. The Bertz CT molecular complexity index is 530. The molecule has 0 saturated heterocycles. The largest absolute Gasteiger partial charge is 0.319 e. The first-order valence-electron chi connectivity index (χ1n) is 5.97. The number of nitro benzene ring substituents is 1. The number of rotatable bonds is 5. The van der Waals surface area contributed by atoms with E-state index in [1.165, 1.54) is 18.2 Å². The number of nitrogens with one attached hydrogen (secondary N) is 1. The molecule has 0 bridgehead atoms. The van der Waals surface area contributed by atoms with Gasteiger partial charge in [-0.1, -0.05) is 26.0 Å². The van der Waals surface area contributed by atoms with Crippen molar-refractivity contribution >= 4 is 17.3 Å². The number of nitriles is 1. The van der Waals surface area contributed by atoms with Crippen LogP contribution in [0.2, 0.25) is 0 Å². The number of hydrogen-bond acceptors (Lipinski definition) is 4. The molecule has 0 heterocycles. The highest BCUT2D eigenvalue weighted by Crippen LogP contribution is 2.30. The second-order valence-electron chi connectivity index (χ2n) is 4.13. The van der Waals surface area contributed by atoms with E-state index < -0.39 is 16.2 Å². The average molecular weight is 261 g/mol. The SMILES string of the molecule is CCC(C#N)(CC)C(=O)Nc1ccccc1[N+](=O)[O-]. The topological polar surface area (TPSA) is 96.0 Å². The molecule has 1 amide bonds. The van der Waals surface area contributed by atoms with E-state index in [-0.39, 0.29) is 11.4 Å². The molecular weight excluding hydrogens is 246 g/mol. The molecule has 1 aromatic rings. The van der Waals surface area contributed by atoms with Crippen molar-refractivity contribution in [3.8, 4) is 6.07 Å². The number of anilines is 1. The normalized spacial score (nSPS) is 10.6. The number of nitrogens with zero attached hydrogens (tertiary/aromatic N) is 2. The Hall–Kier alpha value is -2.42. The number of carbonyl (C=O) groups excluding carboxylic acids is 1. The van der Waals surface area contributed by atoms with Crippen LogP contribution in [0.15, 0.2) is 24.3 Å². The fourth-order valence-corrected chi connectivity index (χ4v) is 1.76. The molecule has 0 aromatic heterocycles. The maximum absolute atomic E-state index is 12.1. The number of carbonyl (C=O) groups is 1. The Labute approximate surface area is 111 Å². The molecule has 0 unspecified atom stereocenters. The van der Waals surface area contributed by atoms with Crippen molar-refractivity contribution in [2.45, 2.75) is 26.7 Å². The van der Waals surface area contributed by atoms with Crippen LogP contribution in [0, 0.1) is 26.9 Å². The molecule has 1 aromatic carbocycles. The van der Waals surface area contributed by atoms with Crippen LogP contribution < -0.4 is 5.32 Å². The summed E-state index contributed by atoms with van der Waals surface area (Å²) in [7, 11) is 0. The summed E-state index contributed by atoms with van der Waals surface area (Å²) >= 11 is 0. The first kappa shape index (κ1) is 14.6. The van der Waals surface area contributed by atoms with Crippen molar-refractivity contribution in [2.75, 3.05) is 5.32 Å². The molecule has 1 rings (SSSR count). The van der Waals surface area contributed by atoms with E-state index >= 15 is 0 Å². The predicted molar refractivity (Wildman–Crippen MR) is 70.4 cm³/mol.